The molecule has 30 heavy (non-hydrogen) atoms. The van der Waals surface area contributed by atoms with Crippen LogP contribution in [0, 0.1) is 0 Å². The van der Waals surface area contributed by atoms with Crippen LogP contribution in [-0.4, -0.2) is 41.6 Å². The summed E-state index contributed by atoms with van der Waals surface area (Å²) in [6.45, 7) is 10.2. The van der Waals surface area contributed by atoms with Crippen molar-refractivity contribution < 1.29 is 23.9 Å². The van der Waals surface area contributed by atoms with Crippen molar-refractivity contribution in [3.63, 3.8) is 0 Å². The number of hydrogen-bond acceptors (Lipinski definition) is 5. The third-order valence-corrected chi connectivity index (χ3v) is 4.12. The second-order valence-corrected chi connectivity index (χ2v) is 7.57. The van der Waals surface area contributed by atoms with Gasteiger partial charge in [-0.2, -0.15) is 0 Å². The molecule has 0 aliphatic rings. The van der Waals surface area contributed by atoms with Crippen LogP contribution in [0.3, 0.4) is 0 Å². The largest absolute Gasteiger partial charge is 0.444 e. The normalized spacial score (nSPS) is 10.8. The summed E-state index contributed by atoms with van der Waals surface area (Å²) in [7, 11) is 0. The highest BCUT2D eigenvalue weighted by Gasteiger charge is 2.20. The Labute approximate surface area is 177 Å². The Morgan fingerprint density at radius 2 is 1.63 bits per heavy atom. The lowest BCUT2D eigenvalue weighted by Gasteiger charge is -2.20. The number of ether oxygens (including phenoxy) is 2. The van der Waals surface area contributed by atoms with Crippen LogP contribution < -0.4 is 10.1 Å². The van der Waals surface area contributed by atoms with Crippen molar-refractivity contribution in [1.82, 2.24) is 4.90 Å². The molecule has 160 valence electrons. The summed E-state index contributed by atoms with van der Waals surface area (Å²) >= 11 is 0. The van der Waals surface area contributed by atoms with Crippen molar-refractivity contribution in [2.75, 3.05) is 18.4 Å². The second-order valence-electron chi connectivity index (χ2n) is 7.57. The lowest BCUT2D eigenvalue weighted by Crippen LogP contribution is -2.30. The van der Waals surface area contributed by atoms with Gasteiger partial charge in [0, 0.05) is 18.7 Å². The first-order chi connectivity index (χ1) is 14.1. The number of anilines is 1. The Kier molecular flexibility index (Phi) is 7.58. The Balaban J connectivity index is 2.18. The number of carbonyl (C=O) groups excluding carboxylic acids is 3. The van der Waals surface area contributed by atoms with Crippen LogP contribution in [0.1, 0.15) is 55.3 Å². The maximum atomic E-state index is 12.7. The van der Waals surface area contributed by atoms with Crippen LogP contribution in [0.5, 0.6) is 5.75 Å². The van der Waals surface area contributed by atoms with E-state index in [4.69, 9.17) is 9.47 Å². The maximum Gasteiger partial charge on any atom is 0.412 e. The zero-order valence-corrected chi connectivity index (χ0v) is 18.0. The summed E-state index contributed by atoms with van der Waals surface area (Å²) in [5.74, 6) is -0.552. The number of para-hydroxylation sites is 1. The summed E-state index contributed by atoms with van der Waals surface area (Å²) in [5.41, 5.74) is 0.206. The third-order valence-electron chi connectivity index (χ3n) is 4.12. The highest BCUT2D eigenvalue weighted by molar-refractivity contribution is 6.01. The summed E-state index contributed by atoms with van der Waals surface area (Å²) < 4.78 is 10.7. The van der Waals surface area contributed by atoms with Crippen LogP contribution in [0.15, 0.2) is 48.5 Å². The number of benzene rings is 2. The quantitative estimate of drug-likeness (QED) is 0.547. The smallest absolute Gasteiger partial charge is 0.412 e. The number of rotatable bonds is 6. The van der Waals surface area contributed by atoms with Crippen LogP contribution in [0.2, 0.25) is 0 Å². The lowest BCUT2D eigenvalue weighted by molar-refractivity contribution is 0.0635. The molecule has 0 aromatic heterocycles. The minimum atomic E-state index is -0.672. The molecule has 7 heteroatoms. The highest BCUT2D eigenvalue weighted by Crippen LogP contribution is 2.21. The molecule has 2 aromatic rings. The third kappa shape index (κ3) is 6.34. The Morgan fingerprint density at radius 1 is 0.967 bits per heavy atom. The van der Waals surface area contributed by atoms with E-state index in [-0.39, 0.29) is 22.9 Å². The SMILES string of the molecule is CCN(CC)C(=O)c1cccc(OC(=O)c2ccccc2NC(=O)OC(C)(C)C)c1. The van der Waals surface area contributed by atoms with Gasteiger partial charge in [0.2, 0.25) is 0 Å². The van der Waals surface area contributed by atoms with Crippen molar-refractivity contribution >= 4 is 23.7 Å². The number of carbonyl (C=O) groups is 3. The fraction of sp³-hybridized carbons (Fsp3) is 0.348. The number of nitrogens with zero attached hydrogens (tertiary/aromatic N) is 1. The van der Waals surface area contributed by atoms with E-state index in [0.717, 1.165) is 0 Å². The van der Waals surface area contributed by atoms with E-state index in [9.17, 15) is 14.4 Å². The van der Waals surface area contributed by atoms with Gasteiger partial charge in [-0.3, -0.25) is 10.1 Å². The van der Waals surface area contributed by atoms with E-state index in [1.54, 1.807) is 68.1 Å². The Hall–Kier alpha value is -3.35. The maximum absolute atomic E-state index is 12.7. The molecule has 0 saturated carbocycles. The Bertz CT molecular complexity index is 914. The van der Waals surface area contributed by atoms with Gasteiger partial charge in [0.15, 0.2) is 0 Å². The minimum absolute atomic E-state index is 0.134. The molecule has 2 rings (SSSR count). The van der Waals surface area contributed by atoms with Gasteiger partial charge in [0.05, 0.1) is 11.3 Å². The van der Waals surface area contributed by atoms with Gasteiger partial charge in [-0.05, 0) is 65.0 Å². The van der Waals surface area contributed by atoms with Crippen molar-refractivity contribution in [3.8, 4) is 5.75 Å². The van der Waals surface area contributed by atoms with E-state index in [1.807, 2.05) is 13.8 Å². The van der Waals surface area contributed by atoms with E-state index in [0.29, 0.717) is 18.7 Å². The van der Waals surface area contributed by atoms with Crippen molar-refractivity contribution in [3.05, 3.63) is 59.7 Å². The van der Waals surface area contributed by atoms with E-state index in [2.05, 4.69) is 5.32 Å². The van der Waals surface area contributed by atoms with Crippen molar-refractivity contribution in [2.24, 2.45) is 0 Å². The fourth-order valence-corrected chi connectivity index (χ4v) is 2.73. The molecule has 0 radical (unpaired) electrons. The first kappa shape index (κ1) is 22.9. The molecule has 0 heterocycles. The Morgan fingerprint density at radius 3 is 2.27 bits per heavy atom. The average molecular weight is 412 g/mol. The number of nitrogens with one attached hydrogen (secondary N) is 1. The number of hydrogen-bond donors (Lipinski definition) is 1. The first-order valence-corrected chi connectivity index (χ1v) is 9.85. The van der Waals surface area contributed by atoms with Crippen molar-refractivity contribution in [1.29, 1.82) is 0 Å². The summed E-state index contributed by atoms with van der Waals surface area (Å²) in [4.78, 5) is 39.0. The van der Waals surface area contributed by atoms with Gasteiger partial charge in [-0.15, -0.1) is 0 Å². The average Bonchev–Trinajstić information content (AvgIpc) is 2.68. The molecular formula is C23H28N2O5. The van der Waals surface area contributed by atoms with Gasteiger partial charge < -0.3 is 14.4 Å². The lowest BCUT2D eigenvalue weighted by atomic mass is 10.1. The molecule has 0 saturated heterocycles. The topological polar surface area (TPSA) is 84.9 Å². The highest BCUT2D eigenvalue weighted by atomic mass is 16.6. The number of amides is 2. The fourth-order valence-electron chi connectivity index (χ4n) is 2.73. The van der Waals surface area contributed by atoms with Crippen LogP contribution in [0.25, 0.3) is 0 Å². The summed E-state index contributed by atoms with van der Waals surface area (Å²) in [5, 5.41) is 2.57. The molecule has 0 aliphatic carbocycles. The molecule has 0 bridgehead atoms. The second kappa shape index (κ2) is 9.91. The van der Waals surface area contributed by atoms with Crippen molar-refractivity contribution in [2.45, 2.75) is 40.2 Å². The van der Waals surface area contributed by atoms with Crippen LogP contribution >= 0.6 is 0 Å². The minimum Gasteiger partial charge on any atom is -0.444 e. The number of esters is 1. The molecular weight excluding hydrogens is 384 g/mol. The summed E-state index contributed by atoms with van der Waals surface area (Å²) in [6, 6.07) is 12.9. The predicted octanol–water partition coefficient (Wildman–Crippen LogP) is 4.73. The van der Waals surface area contributed by atoms with Crippen LogP contribution in [0.4, 0.5) is 10.5 Å². The van der Waals surface area contributed by atoms with Gasteiger partial charge >= 0.3 is 12.1 Å². The standard InChI is InChI=1S/C23H28N2O5/c1-6-25(7-2)20(26)16-11-10-12-17(15-16)29-21(27)18-13-8-9-14-19(18)24-22(28)30-23(3,4)5/h8-15H,6-7H2,1-5H3,(H,24,28). The predicted molar refractivity (Wildman–Crippen MR) is 115 cm³/mol. The molecule has 0 unspecified atom stereocenters. The molecule has 0 atom stereocenters. The molecule has 2 aromatic carbocycles. The van der Waals surface area contributed by atoms with Gasteiger partial charge in [0.1, 0.15) is 11.4 Å². The zero-order valence-electron chi connectivity index (χ0n) is 18.0. The monoisotopic (exact) mass is 412 g/mol. The molecule has 7 nitrogen and oxygen atoms in total. The van der Waals surface area contributed by atoms with E-state index < -0.39 is 17.7 Å². The van der Waals surface area contributed by atoms with E-state index in [1.165, 1.54) is 6.07 Å². The van der Waals surface area contributed by atoms with Crippen LogP contribution in [-0.2, 0) is 4.74 Å². The molecule has 0 spiro atoms. The van der Waals surface area contributed by atoms with E-state index >= 15 is 0 Å². The van der Waals surface area contributed by atoms with Gasteiger partial charge in [-0.1, -0.05) is 18.2 Å². The first-order valence-electron chi connectivity index (χ1n) is 9.85. The van der Waals surface area contributed by atoms with Gasteiger partial charge in [0.25, 0.3) is 5.91 Å². The molecule has 1 N–H and O–H groups in total. The van der Waals surface area contributed by atoms with Gasteiger partial charge in [-0.25, -0.2) is 9.59 Å². The molecule has 2 amide bonds. The zero-order chi connectivity index (χ0) is 22.3. The summed E-state index contributed by atoms with van der Waals surface area (Å²) in [6.07, 6.45) is -0.672. The molecule has 0 fully saturated rings. The molecule has 0 aliphatic heterocycles.